The van der Waals surface area contributed by atoms with E-state index in [1.165, 1.54) is 6.54 Å². The van der Waals surface area contributed by atoms with E-state index in [1.807, 2.05) is 0 Å². The van der Waals surface area contributed by atoms with Gasteiger partial charge in [-0.25, -0.2) is 0 Å². The quantitative estimate of drug-likeness (QED) is 0.728. The van der Waals surface area contributed by atoms with Gasteiger partial charge in [-0.2, -0.15) is 0 Å². The van der Waals surface area contributed by atoms with E-state index in [0.717, 1.165) is 26.1 Å². The van der Waals surface area contributed by atoms with Gasteiger partial charge in [-0.15, -0.1) is 0 Å². The molecule has 84 valence electrons. The Morgan fingerprint density at radius 3 is 2.57 bits per heavy atom. The summed E-state index contributed by atoms with van der Waals surface area (Å²) >= 11 is 0. The normalized spacial score (nSPS) is 30.2. The smallest absolute Gasteiger partial charge is 0.0252 e. The maximum absolute atomic E-state index is 6.17. The van der Waals surface area contributed by atoms with Crippen LogP contribution in [0.25, 0.3) is 0 Å². The highest BCUT2D eigenvalue weighted by Crippen LogP contribution is 2.12. The van der Waals surface area contributed by atoms with E-state index in [4.69, 9.17) is 5.73 Å². The van der Waals surface area contributed by atoms with Crippen LogP contribution in [-0.4, -0.2) is 54.6 Å². The average Bonchev–Trinajstić information content (AvgIpc) is 2.11. The Balaban J connectivity index is 2.40. The molecule has 0 amide bonds. The molecule has 1 aliphatic rings. The van der Waals surface area contributed by atoms with Crippen LogP contribution in [0.2, 0.25) is 0 Å². The summed E-state index contributed by atoms with van der Waals surface area (Å²) in [5.41, 5.74) is 6.15. The van der Waals surface area contributed by atoms with Crippen molar-refractivity contribution in [3.8, 4) is 0 Å². The predicted molar refractivity (Wildman–Crippen MR) is 61.4 cm³/mol. The van der Waals surface area contributed by atoms with Crippen LogP contribution in [0.4, 0.5) is 0 Å². The van der Waals surface area contributed by atoms with Crippen molar-refractivity contribution in [2.75, 3.05) is 33.2 Å². The van der Waals surface area contributed by atoms with Gasteiger partial charge in [0.05, 0.1) is 0 Å². The summed E-state index contributed by atoms with van der Waals surface area (Å²) in [6, 6.07) is 0.663. The second kappa shape index (κ2) is 4.60. The molecule has 0 saturated carbocycles. The summed E-state index contributed by atoms with van der Waals surface area (Å²) in [7, 11) is 2.20. The zero-order chi connectivity index (χ0) is 10.8. The first kappa shape index (κ1) is 12.0. The monoisotopic (exact) mass is 199 g/mol. The molecule has 0 radical (unpaired) electrons. The molecule has 3 heteroatoms. The fourth-order valence-corrected chi connectivity index (χ4v) is 1.89. The summed E-state index contributed by atoms with van der Waals surface area (Å²) in [5.74, 6) is 0. The Bertz CT molecular complexity index is 179. The van der Waals surface area contributed by atoms with Gasteiger partial charge in [0.15, 0.2) is 0 Å². The van der Waals surface area contributed by atoms with Crippen molar-refractivity contribution in [1.29, 1.82) is 0 Å². The van der Waals surface area contributed by atoms with E-state index < -0.39 is 0 Å². The average molecular weight is 199 g/mol. The second-order valence-corrected chi connectivity index (χ2v) is 5.07. The topological polar surface area (TPSA) is 32.5 Å². The van der Waals surface area contributed by atoms with E-state index in [9.17, 15) is 0 Å². The predicted octanol–water partition coefficient (Wildman–Crippen LogP) is 0.750. The van der Waals surface area contributed by atoms with Crippen LogP contribution >= 0.6 is 0 Å². The molecule has 14 heavy (non-hydrogen) atoms. The lowest BCUT2D eigenvalue weighted by atomic mass is 9.99. The van der Waals surface area contributed by atoms with Gasteiger partial charge in [-0.05, 0) is 27.3 Å². The summed E-state index contributed by atoms with van der Waals surface area (Å²) in [4.78, 5) is 4.91. The van der Waals surface area contributed by atoms with Crippen molar-refractivity contribution < 1.29 is 0 Å². The van der Waals surface area contributed by atoms with Crippen LogP contribution in [0.1, 0.15) is 27.2 Å². The van der Waals surface area contributed by atoms with Crippen LogP contribution in [0.5, 0.6) is 0 Å². The van der Waals surface area contributed by atoms with Crippen molar-refractivity contribution in [3.63, 3.8) is 0 Å². The molecule has 0 spiro atoms. The number of rotatable bonds is 3. The molecule has 3 nitrogen and oxygen atoms in total. The van der Waals surface area contributed by atoms with Crippen molar-refractivity contribution >= 4 is 0 Å². The maximum Gasteiger partial charge on any atom is 0.0252 e. The van der Waals surface area contributed by atoms with Gasteiger partial charge in [0, 0.05) is 37.8 Å². The summed E-state index contributed by atoms with van der Waals surface area (Å²) in [5, 5.41) is 0. The zero-order valence-corrected chi connectivity index (χ0v) is 10.1. The lowest BCUT2D eigenvalue weighted by Crippen LogP contribution is -2.56. The molecule has 0 aliphatic carbocycles. The summed E-state index contributed by atoms with van der Waals surface area (Å²) < 4.78 is 0. The molecule has 1 aliphatic heterocycles. The van der Waals surface area contributed by atoms with Crippen LogP contribution in [0.3, 0.4) is 0 Å². The third-order valence-corrected chi connectivity index (χ3v) is 3.44. The minimum absolute atomic E-state index is 0.0182. The number of nitrogens with two attached hydrogens (primary N) is 1. The molecule has 0 bridgehead atoms. The Morgan fingerprint density at radius 2 is 2.07 bits per heavy atom. The maximum atomic E-state index is 6.17. The van der Waals surface area contributed by atoms with E-state index in [0.29, 0.717) is 6.04 Å². The Kier molecular flexibility index (Phi) is 3.93. The highest BCUT2D eigenvalue weighted by atomic mass is 15.3. The molecule has 0 aromatic carbocycles. The summed E-state index contributed by atoms with van der Waals surface area (Å²) in [6.07, 6.45) is 1.05. The van der Waals surface area contributed by atoms with Gasteiger partial charge >= 0.3 is 0 Å². The Labute approximate surface area is 88.2 Å². The van der Waals surface area contributed by atoms with Crippen molar-refractivity contribution in [3.05, 3.63) is 0 Å². The van der Waals surface area contributed by atoms with Gasteiger partial charge in [-0.3, -0.25) is 4.90 Å². The van der Waals surface area contributed by atoms with Crippen molar-refractivity contribution in [2.24, 2.45) is 5.73 Å². The van der Waals surface area contributed by atoms with E-state index >= 15 is 0 Å². The van der Waals surface area contributed by atoms with Crippen molar-refractivity contribution in [1.82, 2.24) is 9.80 Å². The second-order valence-electron chi connectivity index (χ2n) is 5.07. The molecule has 0 aromatic heterocycles. The third kappa shape index (κ3) is 3.23. The third-order valence-electron chi connectivity index (χ3n) is 3.44. The molecule has 1 fully saturated rings. The van der Waals surface area contributed by atoms with Crippen LogP contribution in [0, 0.1) is 0 Å². The SMILES string of the molecule is CCC(C)(N)CN1CCN(C)C(C)C1. The van der Waals surface area contributed by atoms with Gasteiger partial charge in [-0.1, -0.05) is 6.92 Å². The van der Waals surface area contributed by atoms with Gasteiger partial charge < -0.3 is 10.6 Å². The first-order valence-electron chi connectivity index (χ1n) is 5.66. The fraction of sp³-hybridized carbons (Fsp3) is 1.00. The molecule has 2 unspecified atom stereocenters. The Hall–Kier alpha value is -0.120. The molecule has 0 aromatic rings. The highest BCUT2D eigenvalue weighted by molar-refractivity contribution is 4.85. The first-order valence-corrected chi connectivity index (χ1v) is 5.66. The fourth-order valence-electron chi connectivity index (χ4n) is 1.89. The van der Waals surface area contributed by atoms with Crippen LogP contribution < -0.4 is 5.73 Å². The largest absolute Gasteiger partial charge is 0.324 e. The van der Waals surface area contributed by atoms with Gasteiger partial charge in [0.25, 0.3) is 0 Å². The van der Waals surface area contributed by atoms with Gasteiger partial charge in [0.1, 0.15) is 0 Å². The van der Waals surface area contributed by atoms with Crippen molar-refractivity contribution in [2.45, 2.75) is 38.8 Å². The number of nitrogens with zero attached hydrogens (tertiary/aromatic N) is 2. The van der Waals surface area contributed by atoms with Crippen LogP contribution in [0.15, 0.2) is 0 Å². The van der Waals surface area contributed by atoms with Gasteiger partial charge in [0.2, 0.25) is 0 Å². The van der Waals surface area contributed by atoms with E-state index in [2.05, 4.69) is 37.6 Å². The van der Waals surface area contributed by atoms with E-state index in [-0.39, 0.29) is 5.54 Å². The Morgan fingerprint density at radius 1 is 1.43 bits per heavy atom. The highest BCUT2D eigenvalue weighted by Gasteiger charge is 2.25. The number of hydrogen-bond acceptors (Lipinski definition) is 3. The standard InChI is InChI=1S/C11H25N3/c1-5-11(3,12)9-14-7-6-13(4)10(2)8-14/h10H,5-9,12H2,1-4H3. The molecular weight excluding hydrogens is 174 g/mol. The molecule has 1 rings (SSSR count). The number of likely N-dealkylation sites (N-methyl/N-ethyl adjacent to an activating group) is 1. The van der Waals surface area contributed by atoms with Crippen LogP contribution in [-0.2, 0) is 0 Å². The molecule has 2 atom stereocenters. The first-order chi connectivity index (χ1) is 6.44. The molecule has 1 heterocycles. The lowest BCUT2D eigenvalue weighted by Gasteiger charge is -2.40. The number of hydrogen-bond donors (Lipinski definition) is 1. The number of piperazine rings is 1. The zero-order valence-electron chi connectivity index (χ0n) is 10.1. The molecule has 2 N–H and O–H groups in total. The summed E-state index contributed by atoms with van der Waals surface area (Å²) in [6.45, 7) is 11.1. The molecule has 1 saturated heterocycles. The van der Waals surface area contributed by atoms with E-state index in [1.54, 1.807) is 0 Å². The lowest BCUT2D eigenvalue weighted by molar-refractivity contribution is 0.0880. The minimum Gasteiger partial charge on any atom is -0.324 e. The molecular formula is C11H25N3. The minimum atomic E-state index is -0.0182.